The highest BCUT2D eigenvalue weighted by Crippen LogP contribution is 2.14. The third-order valence-corrected chi connectivity index (χ3v) is 2.70. The van der Waals surface area contributed by atoms with Gasteiger partial charge in [0.05, 0.1) is 0 Å². The van der Waals surface area contributed by atoms with Crippen molar-refractivity contribution in [3.05, 3.63) is 54.1 Å². The highest BCUT2D eigenvalue weighted by atomic mass is 16.4. The molecule has 0 bridgehead atoms. The van der Waals surface area contributed by atoms with E-state index < -0.39 is 11.9 Å². The Morgan fingerprint density at radius 2 is 2.12 bits per heavy atom. The second kappa shape index (κ2) is 4.82. The molecule has 4 heteroatoms. The van der Waals surface area contributed by atoms with Crippen LogP contribution in [0, 0.1) is 0 Å². The Labute approximate surface area is 99.5 Å². The van der Waals surface area contributed by atoms with Crippen molar-refractivity contribution in [3.63, 3.8) is 0 Å². The summed E-state index contributed by atoms with van der Waals surface area (Å²) < 4.78 is 1.87. The molecule has 1 aromatic heterocycles. The maximum absolute atomic E-state index is 10.9. The number of carboxylic acids is 1. The summed E-state index contributed by atoms with van der Waals surface area (Å²) in [5, 5.41) is 8.99. The van der Waals surface area contributed by atoms with Crippen LogP contribution in [0.25, 0.3) is 0 Å². The fourth-order valence-electron chi connectivity index (χ4n) is 1.73. The van der Waals surface area contributed by atoms with Gasteiger partial charge in [-0.1, -0.05) is 30.3 Å². The van der Waals surface area contributed by atoms with Gasteiger partial charge in [0.15, 0.2) is 0 Å². The molecule has 0 aliphatic carbocycles. The van der Waals surface area contributed by atoms with Crippen LogP contribution >= 0.6 is 0 Å². The van der Waals surface area contributed by atoms with Crippen molar-refractivity contribution < 1.29 is 9.90 Å². The van der Waals surface area contributed by atoms with Gasteiger partial charge in [0.1, 0.15) is 11.7 Å². The molecule has 0 saturated carbocycles. The predicted molar refractivity (Wildman–Crippen MR) is 63.8 cm³/mol. The number of carbonyl (C=O) groups is 1. The third-order valence-electron chi connectivity index (χ3n) is 2.70. The highest BCUT2D eigenvalue weighted by molar-refractivity contribution is 5.74. The molecule has 1 unspecified atom stereocenters. The standard InChI is InChI=1S/C13H14N2O2/c1-10(13(16)17)12-14-7-8-15(12)9-11-5-3-2-4-6-11/h2-8,10H,9H2,1H3,(H,16,17). The van der Waals surface area contributed by atoms with Gasteiger partial charge in [0, 0.05) is 18.9 Å². The van der Waals surface area contributed by atoms with Gasteiger partial charge >= 0.3 is 5.97 Å². The first-order valence-corrected chi connectivity index (χ1v) is 5.46. The van der Waals surface area contributed by atoms with Crippen LogP contribution in [0.2, 0.25) is 0 Å². The number of benzene rings is 1. The Hall–Kier alpha value is -2.10. The zero-order valence-electron chi connectivity index (χ0n) is 9.58. The van der Waals surface area contributed by atoms with E-state index in [2.05, 4.69) is 4.98 Å². The average Bonchev–Trinajstić information content (AvgIpc) is 2.77. The van der Waals surface area contributed by atoms with Crippen molar-refractivity contribution in [2.75, 3.05) is 0 Å². The monoisotopic (exact) mass is 230 g/mol. The lowest BCUT2D eigenvalue weighted by Crippen LogP contribution is -2.14. The maximum atomic E-state index is 10.9. The van der Waals surface area contributed by atoms with Crippen LogP contribution in [0.15, 0.2) is 42.7 Å². The molecule has 88 valence electrons. The SMILES string of the molecule is CC(C(=O)O)c1nccn1Cc1ccccc1. The molecule has 0 radical (unpaired) electrons. The van der Waals surface area contributed by atoms with Crippen molar-refractivity contribution in [1.29, 1.82) is 0 Å². The fraction of sp³-hybridized carbons (Fsp3) is 0.231. The lowest BCUT2D eigenvalue weighted by atomic mass is 10.1. The molecule has 0 fully saturated rings. The van der Waals surface area contributed by atoms with Gasteiger partial charge in [-0.25, -0.2) is 4.98 Å². The summed E-state index contributed by atoms with van der Waals surface area (Å²) in [6.45, 7) is 2.29. The first-order chi connectivity index (χ1) is 8.18. The number of hydrogen-bond acceptors (Lipinski definition) is 2. The third kappa shape index (κ3) is 2.53. The van der Waals surface area contributed by atoms with Crippen LogP contribution in [-0.4, -0.2) is 20.6 Å². The zero-order chi connectivity index (χ0) is 12.3. The van der Waals surface area contributed by atoms with Gasteiger partial charge in [0.25, 0.3) is 0 Å². The molecule has 0 amide bonds. The smallest absolute Gasteiger partial charge is 0.313 e. The minimum absolute atomic E-state index is 0.585. The van der Waals surface area contributed by atoms with Gasteiger partial charge in [-0.15, -0.1) is 0 Å². The second-order valence-electron chi connectivity index (χ2n) is 3.96. The number of imidazole rings is 1. The summed E-state index contributed by atoms with van der Waals surface area (Å²) in [7, 11) is 0. The topological polar surface area (TPSA) is 55.1 Å². The minimum Gasteiger partial charge on any atom is -0.481 e. The minimum atomic E-state index is -0.856. The highest BCUT2D eigenvalue weighted by Gasteiger charge is 2.18. The number of hydrogen-bond donors (Lipinski definition) is 1. The van der Waals surface area contributed by atoms with Gasteiger partial charge in [-0.3, -0.25) is 4.79 Å². The largest absolute Gasteiger partial charge is 0.481 e. The Kier molecular flexibility index (Phi) is 3.23. The normalized spacial score (nSPS) is 12.3. The summed E-state index contributed by atoms with van der Waals surface area (Å²) >= 11 is 0. The number of carboxylic acid groups (broad SMARTS) is 1. The van der Waals surface area contributed by atoms with E-state index >= 15 is 0 Å². The lowest BCUT2D eigenvalue weighted by Gasteiger charge is -2.10. The van der Waals surface area contributed by atoms with E-state index in [1.54, 1.807) is 13.1 Å². The maximum Gasteiger partial charge on any atom is 0.313 e. The molecule has 0 aliphatic rings. The first-order valence-electron chi connectivity index (χ1n) is 5.46. The van der Waals surface area contributed by atoms with Gasteiger partial charge in [0.2, 0.25) is 0 Å². The summed E-state index contributed by atoms with van der Waals surface area (Å²) in [5.74, 6) is -0.861. The van der Waals surface area contributed by atoms with Crippen molar-refractivity contribution >= 4 is 5.97 Å². The zero-order valence-corrected chi connectivity index (χ0v) is 9.58. The summed E-state index contributed by atoms with van der Waals surface area (Å²) in [6.07, 6.45) is 3.44. The molecule has 0 spiro atoms. The molecule has 1 N–H and O–H groups in total. The molecule has 1 aromatic carbocycles. The fourth-order valence-corrected chi connectivity index (χ4v) is 1.73. The molecule has 17 heavy (non-hydrogen) atoms. The summed E-state index contributed by atoms with van der Waals surface area (Å²) in [4.78, 5) is 15.1. The number of rotatable bonds is 4. The van der Waals surface area contributed by atoms with E-state index in [1.165, 1.54) is 0 Å². The molecule has 1 heterocycles. The molecular weight excluding hydrogens is 216 g/mol. The molecular formula is C13H14N2O2. The number of nitrogens with zero attached hydrogens (tertiary/aromatic N) is 2. The Morgan fingerprint density at radius 3 is 2.76 bits per heavy atom. The Balaban J connectivity index is 2.23. The van der Waals surface area contributed by atoms with E-state index in [-0.39, 0.29) is 0 Å². The molecule has 0 saturated heterocycles. The van der Waals surface area contributed by atoms with E-state index in [1.807, 2.05) is 41.1 Å². The van der Waals surface area contributed by atoms with Crippen molar-refractivity contribution in [1.82, 2.24) is 9.55 Å². The predicted octanol–water partition coefficient (Wildman–Crippen LogP) is 2.12. The van der Waals surface area contributed by atoms with Crippen LogP contribution < -0.4 is 0 Å². The van der Waals surface area contributed by atoms with E-state index in [0.29, 0.717) is 12.4 Å². The molecule has 4 nitrogen and oxygen atoms in total. The van der Waals surface area contributed by atoms with Gasteiger partial charge in [-0.2, -0.15) is 0 Å². The average molecular weight is 230 g/mol. The van der Waals surface area contributed by atoms with Crippen molar-refractivity contribution in [3.8, 4) is 0 Å². The lowest BCUT2D eigenvalue weighted by molar-refractivity contribution is -0.138. The molecule has 1 atom stereocenters. The van der Waals surface area contributed by atoms with Crippen LogP contribution in [0.5, 0.6) is 0 Å². The molecule has 2 rings (SSSR count). The van der Waals surface area contributed by atoms with Gasteiger partial charge in [-0.05, 0) is 12.5 Å². The Morgan fingerprint density at radius 1 is 1.41 bits per heavy atom. The Bertz CT molecular complexity index is 505. The van der Waals surface area contributed by atoms with E-state index in [0.717, 1.165) is 5.56 Å². The first kappa shape index (κ1) is 11.4. The van der Waals surface area contributed by atoms with Crippen molar-refractivity contribution in [2.24, 2.45) is 0 Å². The second-order valence-corrected chi connectivity index (χ2v) is 3.96. The molecule has 0 aliphatic heterocycles. The van der Waals surface area contributed by atoms with Crippen LogP contribution in [0.4, 0.5) is 0 Å². The number of aliphatic carboxylic acids is 1. The molecule has 2 aromatic rings. The number of aromatic nitrogens is 2. The summed E-state index contributed by atoms with van der Waals surface area (Å²) in [6, 6.07) is 9.90. The van der Waals surface area contributed by atoms with E-state index in [9.17, 15) is 4.79 Å². The van der Waals surface area contributed by atoms with Crippen LogP contribution in [0.1, 0.15) is 24.2 Å². The van der Waals surface area contributed by atoms with Gasteiger partial charge < -0.3 is 9.67 Å². The van der Waals surface area contributed by atoms with Crippen molar-refractivity contribution in [2.45, 2.75) is 19.4 Å². The quantitative estimate of drug-likeness (QED) is 0.875. The van der Waals surface area contributed by atoms with Crippen LogP contribution in [-0.2, 0) is 11.3 Å². The van der Waals surface area contributed by atoms with Crippen LogP contribution in [0.3, 0.4) is 0 Å². The van der Waals surface area contributed by atoms with E-state index in [4.69, 9.17) is 5.11 Å². The summed E-state index contributed by atoms with van der Waals surface area (Å²) in [5.41, 5.74) is 1.13.